The van der Waals surface area contributed by atoms with Crippen molar-refractivity contribution in [3.63, 3.8) is 0 Å². The molecule has 0 radical (unpaired) electrons. The Labute approximate surface area is 218 Å². The van der Waals surface area contributed by atoms with Crippen LogP contribution in [-0.2, 0) is 13.0 Å². The number of aromatic nitrogens is 1. The number of nitrogens with zero attached hydrogens (tertiary/aromatic N) is 3. The molecule has 2 atom stereocenters. The molecule has 1 saturated carbocycles. The molecule has 7 heteroatoms. The van der Waals surface area contributed by atoms with E-state index in [0.717, 1.165) is 60.4 Å². The third-order valence-corrected chi connectivity index (χ3v) is 8.68. The molecule has 2 aromatic carbocycles. The number of nitrogens with one attached hydrogen (secondary N) is 2. The van der Waals surface area contributed by atoms with Crippen LogP contribution >= 0.6 is 11.8 Å². The lowest BCUT2D eigenvalue weighted by Gasteiger charge is -2.36. The number of thioether (sulfide) groups is 1. The van der Waals surface area contributed by atoms with Crippen LogP contribution in [0.4, 0.5) is 5.69 Å². The molecule has 0 bridgehead atoms. The van der Waals surface area contributed by atoms with Crippen molar-refractivity contribution >= 4 is 28.4 Å². The van der Waals surface area contributed by atoms with Gasteiger partial charge in [0.15, 0.2) is 0 Å². The van der Waals surface area contributed by atoms with E-state index >= 15 is 0 Å². The summed E-state index contributed by atoms with van der Waals surface area (Å²) in [5.74, 6) is 1.94. The van der Waals surface area contributed by atoms with Gasteiger partial charge in [-0.1, -0.05) is 12.5 Å². The summed E-state index contributed by atoms with van der Waals surface area (Å²) in [6.45, 7) is 2.87. The van der Waals surface area contributed by atoms with Crippen LogP contribution < -0.4 is 15.4 Å². The number of rotatable bonds is 8. The summed E-state index contributed by atoms with van der Waals surface area (Å²) in [4.78, 5) is 8.33. The quantitative estimate of drug-likeness (QED) is 0.439. The third-order valence-electron chi connectivity index (χ3n) is 7.61. The van der Waals surface area contributed by atoms with Crippen LogP contribution in [0.25, 0.3) is 10.9 Å². The molecule has 1 aliphatic carbocycles. The van der Waals surface area contributed by atoms with Gasteiger partial charge in [-0.05, 0) is 74.2 Å². The Morgan fingerprint density at radius 2 is 2.17 bits per heavy atom. The van der Waals surface area contributed by atoms with Gasteiger partial charge in [0.2, 0.25) is 0 Å². The molecule has 2 aliphatic rings. The van der Waals surface area contributed by atoms with Gasteiger partial charge >= 0.3 is 0 Å². The molecule has 1 fully saturated rings. The first kappa shape index (κ1) is 24.9. The fourth-order valence-corrected chi connectivity index (χ4v) is 6.37. The molecular formula is C29H35N5OS. The number of pyridine rings is 1. The van der Waals surface area contributed by atoms with Crippen LogP contribution in [0.15, 0.2) is 47.5 Å². The van der Waals surface area contributed by atoms with Crippen molar-refractivity contribution in [1.82, 2.24) is 15.2 Å². The van der Waals surface area contributed by atoms with Crippen LogP contribution in [0.5, 0.6) is 5.75 Å². The summed E-state index contributed by atoms with van der Waals surface area (Å²) in [5.41, 5.74) is 5.27. The predicted molar refractivity (Wildman–Crippen MR) is 148 cm³/mol. The van der Waals surface area contributed by atoms with Crippen LogP contribution in [0, 0.1) is 11.3 Å². The Morgan fingerprint density at radius 1 is 1.25 bits per heavy atom. The number of ether oxygens (including phenoxy) is 1. The highest BCUT2D eigenvalue weighted by atomic mass is 32.2. The van der Waals surface area contributed by atoms with Gasteiger partial charge in [-0.15, -0.1) is 11.8 Å². The van der Waals surface area contributed by atoms with E-state index in [1.807, 2.05) is 30.0 Å². The fraction of sp³-hybridized carbons (Fsp3) is 0.448. The number of hydrogen-bond acceptors (Lipinski definition) is 7. The average Bonchev–Trinajstić information content (AvgIpc) is 2.94. The number of likely N-dealkylation sites (N-methyl/N-ethyl adjacent to an activating group) is 1. The molecule has 36 heavy (non-hydrogen) atoms. The first-order valence-corrected chi connectivity index (χ1v) is 13.9. The van der Waals surface area contributed by atoms with Crippen molar-refractivity contribution in [3.8, 4) is 11.8 Å². The molecule has 0 spiro atoms. The summed E-state index contributed by atoms with van der Waals surface area (Å²) < 4.78 is 5.43. The first-order chi connectivity index (χ1) is 17.6. The molecule has 188 valence electrons. The largest absolute Gasteiger partial charge is 0.497 e. The number of hydrogen-bond donors (Lipinski definition) is 2. The smallest absolute Gasteiger partial charge is 0.119 e. The van der Waals surface area contributed by atoms with Gasteiger partial charge in [0.05, 0.1) is 18.2 Å². The summed E-state index contributed by atoms with van der Waals surface area (Å²) in [5, 5.41) is 18.1. The second-order valence-corrected chi connectivity index (χ2v) is 11.0. The molecule has 2 heterocycles. The van der Waals surface area contributed by atoms with Crippen LogP contribution in [0.2, 0.25) is 0 Å². The third kappa shape index (κ3) is 5.62. The number of anilines is 1. The van der Waals surface area contributed by atoms with E-state index in [-0.39, 0.29) is 0 Å². The van der Waals surface area contributed by atoms with Crippen LogP contribution in [-0.4, -0.2) is 55.0 Å². The fourth-order valence-electron chi connectivity index (χ4n) is 5.50. The number of fused-ring (bicyclic) bond motifs is 2. The average molecular weight is 502 g/mol. The molecule has 0 amide bonds. The summed E-state index contributed by atoms with van der Waals surface area (Å²) in [6, 6.07) is 16.2. The topological polar surface area (TPSA) is 73.2 Å². The normalized spacial score (nSPS) is 19.5. The van der Waals surface area contributed by atoms with Crippen molar-refractivity contribution in [1.29, 1.82) is 5.26 Å². The maximum Gasteiger partial charge on any atom is 0.119 e. The van der Waals surface area contributed by atoms with E-state index in [0.29, 0.717) is 17.6 Å². The van der Waals surface area contributed by atoms with Gasteiger partial charge in [0.1, 0.15) is 11.8 Å². The SMILES string of the molecule is COc1ccc2ncc(C#N)c(CCN(C)C3CCCC(NCc4ccc5c(c4)NCCS5)C3)c2c1. The minimum atomic E-state index is 0.533. The van der Waals surface area contributed by atoms with E-state index in [1.54, 1.807) is 13.3 Å². The Hall–Kier alpha value is -2.79. The molecule has 1 aliphatic heterocycles. The summed E-state index contributed by atoms with van der Waals surface area (Å²) in [7, 11) is 3.90. The van der Waals surface area contributed by atoms with Gasteiger partial charge in [-0.25, -0.2) is 0 Å². The standard InChI is InChI=1S/C29H35N5OS/c1-34(12-10-25-21(17-30)19-33-27-8-7-24(35-2)16-26(25)27)23-5-3-4-22(15-23)32-18-20-6-9-29-28(14-20)31-11-13-36-29/h6-9,14,16,19,22-23,31-32H,3-5,10-13,15,18H2,1-2H3. The maximum atomic E-state index is 9.72. The van der Waals surface area contributed by atoms with Crippen LogP contribution in [0.1, 0.15) is 42.4 Å². The van der Waals surface area contributed by atoms with Crippen molar-refractivity contribution < 1.29 is 4.74 Å². The lowest BCUT2D eigenvalue weighted by atomic mass is 9.89. The highest BCUT2D eigenvalue weighted by Crippen LogP contribution is 2.32. The number of methoxy groups -OCH3 is 1. The zero-order valence-corrected chi connectivity index (χ0v) is 22.0. The lowest BCUT2D eigenvalue weighted by molar-refractivity contribution is 0.170. The molecule has 2 N–H and O–H groups in total. The molecule has 2 unspecified atom stereocenters. The van der Waals surface area contributed by atoms with Crippen molar-refractivity contribution in [2.24, 2.45) is 0 Å². The maximum absolute atomic E-state index is 9.72. The zero-order chi connectivity index (χ0) is 24.9. The Kier molecular flexibility index (Phi) is 7.96. The van der Waals surface area contributed by atoms with E-state index in [1.165, 1.54) is 35.4 Å². The monoisotopic (exact) mass is 501 g/mol. The molecule has 6 nitrogen and oxygen atoms in total. The minimum absolute atomic E-state index is 0.533. The Morgan fingerprint density at radius 3 is 3.03 bits per heavy atom. The molecule has 1 aromatic heterocycles. The van der Waals surface area contributed by atoms with Gasteiger partial charge < -0.3 is 20.3 Å². The summed E-state index contributed by atoms with van der Waals surface area (Å²) >= 11 is 1.94. The van der Waals surface area contributed by atoms with E-state index in [2.05, 4.69) is 51.8 Å². The van der Waals surface area contributed by atoms with E-state index in [4.69, 9.17) is 4.74 Å². The Bertz CT molecular complexity index is 1260. The van der Waals surface area contributed by atoms with Gasteiger partial charge in [0, 0.05) is 59.6 Å². The second-order valence-electron chi connectivity index (χ2n) is 9.88. The Balaban J connectivity index is 1.20. The van der Waals surface area contributed by atoms with Gasteiger partial charge in [0.25, 0.3) is 0 Å². The minimum Gasteiger partial charge on any atom is -0.497 e. The molecule has 3 aromatic rings. The zero-order valence-electron chi connectivity index (χ0n) is 21.2. The van der Waals surface area contributed by atoms with Gasteiger partial charge in [-0.3, -0.25) is 4.98 Å². The number of nitriles is 1. The van der Waals surface area contributed by atoms with E-state index in [9.17, 15) is 5.26 Å². The van der Waals surface area contributed by atoms with Crippen molar-refractivity contribution in [2.75, 3.05) is 38.3 Å². The first-order valence-electron chi connectivity index (χ1n) is 12.9. The highest BCUT2D eigenvalue weighted by molar-refractivity contribution is 7.99. The van der Waals surface area contributed by atoms with Gasteiger partial charge in [-0.2, -0.15) is 5.26 Å². The highest BCUT2D eigenvalue weighted by Gasteiger charge is 2.25. The van der Waals surface area contributed by atoms with Crippen LogP contribution in [0.3, 0.4) is 0 Å². The lowest BCUT2D eigenvalue weighted by Crippen LogP contribution is -2.43. The molecular weight excluding hydrogens is 466 g/mol. The predicted octanol–water partition coefficient (Wildman–Crippen LogP) is 5.21. The van der Waals surface area contributed by atoms with Crippen molar-refractivity contribution in [3.05, 3.63) is 59.3 Å². The number of benzene rings is 2. The molecule has 5 rings (SSSR count). The second kappa shape index (κ2) is 11.5. The van der Waals surface area contributed by atoms with Crippen molar-refractivity contribution in [2.45, 2.75) is 55.6 Å². The summed E-state index contributed by atoms with van der Waals surface area (Å²) in [6.07, 6.45) is 7.39. The molecule has 0 saturated heterocycles. The van der Waals surface area contributed by atoms with E-state index < -0.39 is 0 Å².